The molecule has 0 aliphatic carbocycles. The number of alkyl halides is 3. The van der Waals surface area contributed by atoms with Crippen LogP contribution in [0.3, 0.4) is 0 Å². The van der Waals surface area contributed by atoms with Crippen LogP contribution in [0.4, 0.5) is 29.3 Å². The molecule has 3 atom stereocenters. The summed E-state index contributed by atoms with van der Waals surface area (Å²) in [6.07, 6.45) is -4.79. The van der Waals surface area contributed by atoms with Gasteiger partial charge in [0, 0.05) is 36.9 Å². The van der Waals surface area contributed by atoms with Crippen molar-refractivity contribution in [2.24, 2.45) is 5.92 Å². The molecular formula is C32H37F3N4O5. The Morgan fingerprint density at radius 1 is 1.09 bits per heavy atom. The molecule has 1 heterocycles. The van der Waals surface area contributed by atoms with Crippen molar-refractivity contribution in [3.05, 3.63) is 83.4 Å². The number of benzene rings is 3. The van der Waals surface area contributed by atoms with E-state index in [4.69, 9.17) is 9.47 Å². The molecule has 0 aromatic heterocycles. The van der Waals surface area contributed by atoms with Crippen LogP contribution in [0.1, 0.15) is 35.3 Å². The van der Waals surface area contributed by atoms with E-state index < -0.39 is 29.9 Å². The molecule has 9 nitrogen and oxygen atoms in total. The van der Waals surface area contributed by atoms with Crippen LogP contribution in [-0.2, 0) is 12.7 Å². The van der Waals surface area contributed by atoms with Gasteiger partial charge < -0.3 is 30.1 Å². The summed E-state index contributed by atoms with van der Waals surface area (Å²) >= 11 is 0. The summed E-state index contributed by atoms with van der Waals surface area (Å²) in [5, 5.41) is 15.4. The maximum absolute atomic E-state index is 13.7. The zero-order valence-electron chi connectivity index (χ0n) is 25.0. The highest BCUT2D eigenvalue weighted by Crippen LogP contribution is 2.32. The number of urea groups is 1. The monoisotopic (exact) mass is 614 g/mol. The van der Waals surface area contributed by atoms with Crippen molar-refractivity contribution in [1.29, 1.82) is 0 Å². The number of rotatable bonds is 9. The van der Waals surface area contributed by atoms with E-state index in [2.05, 4.69) is 10.6 Å². The van der Waals surface area contributed by atoms with Gasteiger partial charge in [-0.05, 0) is 74.1 Å². The number of likely N-dealkylation sites (N-methyl/N-ethyl adjacent to an activating group) is 1. The molecule has 236 valence electrons. The first-order valence-electron chi connectivity index (χ1n) is 14.2. The van der Waals surface area contributed by atoms with Gasteiger partial charge in [-0.2, -0.15) is 13.2 Å². The Morgan fingerprint density at radius 3 is 2.34 bits per heavy atom. The quantitative estimate of drug-likeness (QED) is 0.285. The molecule has 4 rings (SSSR count). The predicted molar refractivity (Wildman–Crippen MR) is 161 cm³/mol. The maximum atomic E-state index is 13.7. The fourth-order valence-electron chi connectivity index (χ4n) is 4.97. The molecule has 0 bridgehead atoms. The third kappa shape index (κ3) is 8.20. The maximum Gasteiger partial charge on any atom is 0.416 e. The number of ether oxygens (including phenoxy) is 2. The summed E-state index contributed by atoms with van der Waals surface area (Å²) in [6.45, 7) is 4.57. The minimum Gasteiger partial charge on any atom is -0.497 e. The number of amides is 3. The zero-order chi connectivity index (χ0) is 32.0. The Bertz CT molecular complexity index is 1430. The summed E-state index contributed by atoms with van der Waals surface area (Å²) < 4.78 is 50.4. The third-order valence-corrected chi connectivity index (χ3v) is 7.50. The summed E-state index contributed by atoms with van der Waals surface area (Å²) in [5.41, 5.74) is 1.16. The van der Waals surface area contributed by atoms with Gasteiger partial charge in [0.25, 0.3) is 5.91 Å². The van der Waals surface area contributed by atoms with Gasteiger partial charge in [0.2, 0.25) is 0 Å². The van der Waals surface area contributed by atoms with E-state index in [0.29, 0.717) is 48.1 Å². The van der Waals surface area contributed by atoms with Crippen LogP contribution in [0.2, 0.25) is 0 Å². The van der Waals surface area contributed by atoms with Gasteiger partial charge in [-0.25, -0.2) is 4.79 Å². The highest BCUT2D eigenvalue weighted by Gasteiger charge is 2.34. The zero-order valence-corrected chi connectivity index (χ0v) is 25.0. The minimum atomic E-state index is -4.40. The van der Waals surface area contributed by atoms with Gasteiger partial charge in [0.15, 0.2) is 0 Å². The summed E-state index contributed by atoms with van der Waals surface area (Å²) in [7, 11) is 3.40. The molecule has 1 aliphatic rings. The molecule has 0 saturated heterocycles. The van der Waals surface area contributed by atoms with E-state index in [0.717, 1.165) is 12.1 Å². The molecule has 0 spiro atoms. The third-order valence-electron chi connectivity index (χ3n) is 7.50. The van der Waals surface area contributed by atoms with Crippen molar-refractivity contribution in [2.45, 2.75) is 38.7 Å². The highest BCUT2D eigenvalue weighted by molar-refractivity contribution is 6.02. The summed E-state index contributed by atoms with van der Waals surface area (Å²) in [6, 6.07) is 15.7. The van der Waals surface area contributed by atoms with E-state index in [-0.39, 0.29) is 24.0 Å². The lowest BCUT2D eigenvalue weighted by molar-refractivity contribution is -0.137. The van der Waals surface area contributed by atoms with Crippen LogP contribution in [0, 0.1) is 5.92 Å². The highest BCUT2D eigenvalue weighted by atomic mass is 19.4. The standard InChI is InChI=1S/C32H37F3N4O5/c1-20-16-39(21(2)19-40)30(41)27-15-25(37-31(42)36-24-9-12-26(43-4)13-10-24)11-14-28(27)44-29(20)18-38(3)17-22-5-7-23(8-6-22)32(33,34)35/h5-15,20-21,29,40H,16-19H2,1-4H3,(H2,36,37,42)/t20-,21-,29-/m0/s1. The Hall–Kier alpha value is -4.29. The lowest BCUT2D eigenvalue weighted by Crippen LogP contribution is -2.49. The normalized spacial score (nSPS) is 17.7. The number of fused-ring (bicyclic) bond motifs is 1. The first kappa shape index (κ1) is 32.6. The number of hydrogen-bond donors (Lipinski definition) is 3. The van der Waals surface area contributed by atoms with Crippen molar-refractivity contribution in [1.82, 2.24) is 9.80 Å². The van der Waals surface area contributed by atoms with Gasteiger partial charge in [-0.3, -0.25) is 9.69 Å². The molecule has 3 aromatic carbocycles. The number of anilines is 2. The molecule has 0 unspecified atom stereocenters. The Kier molecular flexibility index (Phi) is 10.4. The lowest BCUT2D eigenvalue weighted by atomic mass is 9.99. The van der Waals surface area contributed by atoms with Crippen LogP contribution in [-0.4, -0.2) is 72.8 Å². The first-order chi connectivity index (χ1) is 20.9. The van der Waals surface area contributed by atoms with Gasteiger partial charge in [-0.1, -0.05) is 19.1 Å². The molecular weight excluding hydrogens is 577 g/mol. The van der Waals surface area contributed by atoms with E-state index in [1.54, 1.807) is 61.4 Å². The predicted octanol–water partition coefficient (Wildman–Crippen LogP) is 5.71. The average Bonchev–Trinajstić information content (AvgIpc) is 2.99. The number of hydrogen-bond acceptors (Lipinski definition) is 6. The number of aliphatic hydroxyl groups excluding tert-OH is 1. The number of nitrogens with zero attached hydrogens (tertiary/aromatic N) is 2. The minimum absolute atomic E-state index is 0.149. The number of nitrogens with one attached hydrogen (secondary N) is 2. The number of carbonyl (C=O) groups is 2. The van der Waals surface area contributed by atoms with E-state index in [9.17, 15) is 27.9 Å². The van der Waals surface area contributed by atoms with Crippen molar-refractivity contribution in [2.75, 3.05) is 44.5 Å². The SMILES string of the molecule is COc1ccc(NC(=O)Nc2ccc3c(c2)C(=O)N([C@@H](C)CO)C[C@H](C)[C@H](CN(C)Cc2ccc(C(F)(F)F)cc2)O3)cc1. The number of methoxy groups -OCH3 is 1. The van der Waals surface area contributed by atoms with E-state index >= 15 is 0 Å². The van der Waals surface area contributed by atoms with Crippen LogP contribution in [0.5, 0.6) is 11.5 Å². The first-order valence-corrected chi connectivity index (χ1v) is 14.2. The summed E-state index contributed by atoms with van der Waals surface area (Å²) in [5.74, 6) is 0.482. The number of aliphatic hydroxyl groups is 1. The van der Waals surface area contributed by atoms with Gasteiger partial charge in [0.1, 0.15) is 17.6 Å². The van der Waals surface area contributed by atoms with Gasteiger partial charge in [0.05, 0.1) is 30.9 Å². The molecule has 0 radical (unpaired) electrons. The van der Waals surface area contributed by atoms with Gasteiger partial charge >= 0.3 is 12.2 Å². The van der Waals surface area contributed by atoms with Crippen molar-refractivity contribution in [3.63, 3.8) is 0 Å². The van der Waals surface area contributed by atoms with Crippen LogP contribution in [0.25, 0.3) is 0 Å². The second-order valence-electron chi connectivity index (χ2n) is 11.0. The second-order valence-corrected chi connectivity index (χ2v) is 11.0. The molecule has 44 heavy (non-hydrogen) atoms. The van der Waals surface area contributed by atoms with Crippen molar-refractivity contribution in [3.8, 4) is 11.5 Å². The topological polar surface area (TPSA) is 103 Å². The van der Waals surface area contributed by atoms with Crippen LogP contribution >= 0.6 is 0 Å². The molecule has 0 fully saturated rings. The Balaban J connectivity index is 1.52. The molecule has 1 aliphatic heterocycles. The Labute approximate surface area is 254 Å². The molecule has 0 saturated carbocycles. The van der Waals surface area contributed by atoms with Crippen molar-refractivity contribution < 1.29 is 37.3 Å². The fraction of sp³-hybridized carbons (Fsp3) is 0.375. The average molecular weight is 615 g/mol. The van der Waals surface area contributed by atoms with Gasteiger partial charge in [-0.15, -0.1) is 0 Å². The largest absolute Gasteiger partial charge is 0.497 e. The second kappa shape index (κ2) is 14.0. The van der Waals surface area contributed by atoms with Crippen LogP contribution in [0.15, 0.2) is 66.7 Å². The molecule has 3 amide bonds. The molecule has 3 N–H and O–H groups in total. The molecule has 3 aromatic rings. The number of carbonyl (C=O) groups excluding carboxylic acids is 2. The molecule has 12 heteroatoms. The number of halogens is 3. The van der Waals surface area contributed by atoms with E-state index in [1.165, 1.54) is 12.1 Å². The van der Waals surface area contributed by atoms with Crippen LogP contribution < -0.4 is 20.1 Å². The smallest absolute Gasteiger partial charge is 0.416 e. The Morgan fingerprint density at radius 2 is 1.73 bits per heavy atom. The van der Waals surface area contributed by atoms with E-state index in [1.807, 2.05) is 18.9 Å². The lowest BCUT2D eigenvalue weighted by Gasteiger charge is -2.38. The van der Waals surface area contributed by atoms with Crippen molar-refractivity contribution >= 4 is 23.3 Å². The fourth-order valence-corrected chi connectivity index (χ4v) is 4.97. The summed E-state index contributed by atoms with van der Waals surface area (Å²) in [4.78, 5) is 29.9.